The normalized spacial score (nSPS) is 15.3. The molecule has 0 unspecified atom stereocenters. The Morgan fingerprint density at radius 3 is 2.55 bits per heavy atom. The number of carbonyl (C=O) groups excluding carboxylic acids is 1. The molecule has 1 aliphatic heterocycles. The fourth-order valence-electron chi connectivity index (χ4n) is 4.03. The van der Waals surface area contributed by atoms with Crippen LogP contribution in [0.1, 0.15) is 33.6 Å². The van der Waals surface area contributed by atoms with E-state index in [4.69, 9.17) is 0 Å². The van der Waals surface area contributed by atoms with Gasteiger partial charge in [-0.05, 0) is 51.8 Å². The topological polar surface area (TPSA) is 92.1 Å². The molecule has 1 N–H and O–H groups in total. The van der Waals surface area contributed by atoms with Gasteiger partial charge < -0.3 is 15.1 Å². The third kappa shape index (κ3) is 4.30. The van der Waals surface area contributed by atoms with Crippen molar-refractivity contribution < 1.29 is 4.79 Å². The average molecular weight is 423 g/mol. The van der Waals surface area contributed by atoms with E-state index in [9.17, 15) is 4.79 Å². The summed E-state index contributed by atoms with van der Waals surface area (Å²) in [5.74, 6) is 0.842. The maximum atomic E-state index is 12.5. The summed E-state index contributed by atoms with van der Waals surface area (Å²) < 4.78 is 1.78. The monoisotopic (exact) mass is 422 g/mol. The Morgan fingerprint density at radius 2 is 1.90 bits per heavy atom. The summed E-state index contributed by atoms with van der Waals surface area (Å²) in [4.78, 5) is 21.2. The van der Waals surface area contributed by atoms with Crippen molar-refractivity contribution in [3.63, 3.8) is 0 Å². The van der Waals surface area contributed by atoms with Gasteiger partial charge in [0.05, 0.1) is 5.69 Å². The van der Waals surface area contributed by atoms with Crippen molar-refractivity contribution in [2.24, 2.45) is 7.05 Å². The Balaban J connectivity index is 1.54. The highest BCUT2D eigenvalue weighted by Gasteiger charge is 2.29. The molecule has 0 aromatic carbocycles. The van der Waals surface area contributed by atoms with Crippen molar-refractivity contribution in [1.82, 2.24) is 35.2 Å². The number of aryl methyl sites for hydroxylation is 1. The maximum Gasteiger partial charge on any atom is 0.317 e. The van der Waals surface area contributed by atoms with Crippen LogP contribution in [-0.4, -0.2) is 67.6 Å². The molecule has 1 aliphatic rings. The van der Waals surface area contributed by atoms with Gasteiger partial charge in [0.25, 0.3) is 0 Å². The number of hydrogen-bond acceptors (Lipinski definition) is 6. The number of rotatable bonds is 3. The fraction of sp³-hybridized carbons (Fsp3) is 0.500. The molecule has 164 valence electrons. The van der Waals surface area contributed by atoms with Crippen molar-refractivity contribution in [2.75, 3.05) is 25.0 Å². The number of piperidine rings is 1. The van der Waals surface area contributed by atoms with Crippen LogP contribution in [0.15, 0.2) is 30.6 Å². The average Bonchev–Trinajstić information content (AvgIpc) is 3.17. The van der Waals surface area contributed by atoms with Crippen LogP contribution in [-0.2, 0) is 7.05 Å². The molecule has 3 aromatic heterocycles. The highest BCUT2D eigenvalue weighted by atomic mass is 16.2. The van der Waals surface area contributed by atoms with E-state index in [1.54, 1.807) is 17.1 Å². The molecule has 0 radical (unpaired) electrons. The standard InChI is InChI=1S/C22H30N8O/c1-22(2,3)25-21(31)28(4)15-9-13-30(14-10-15)20-16-7-6-11-23-18(16)19(26-27-20)17-8-12-24-29(17)5/h6-8,11-12,15H,9-10,13-14H2,1-5H3,(H,25,31). The Hall–Kier alpha value is -3.23. The van der Waals surface area contributed by atoms with Crippen LogP contribution in [0.5, 0.6) is 0 Å². The van der Waals surface area contributed by atoms with Crippen molar-refractivity contribution >= 4 is 22.8 Å². The van der Waals surface area contributed by atoms with Crippen molar-refractivity contribution in [3.05, 3.63) is 30.6 Å². The largest absolute Gasteiger partial charge is 0.354 e. The van der Waals surface area contributed by atoms with Gasteiger partial charge in [0.15, 0.2) is 5.82 Å². The second-order valence-electron chi connectivity index (χ2n) is 9.12. The van der Waals surface area contributed by atoms with Crippen LogP contribution in [0.2, 0.25) is 0 Å². The number of aromatic nitrogens is 5. The summed E-state index contributed by atoms with van der Waals surface area (Å²) in [7, 11) is 3.76. The molecule has 1 fully saturated rings. The summed E-state index contributed by atoms with van der Waals surface area (Å²) >= 11 is 0. The van der Waals surface area contributed by atoms with E-state index in [-0.39, 0.29) is 17.6 Å². The second-order valence-corrected chi connectivity index (χ2v) is 9.12. The number of nitrogens with zero attached hydrogens (tertiary/aromatic N) is 7. The Bertz CT molecular complexity index is 1080. The molecule has 9 heteroatoms. The first kappa shape index (κ1) is 21.0. The van der Waals surface area contributed by atoms with Gasteiger partial charge in [0.2, 0.25) is 0 Å². The first-order valence-electron chi connectivity index (χ1n) is 10.6. The van der Waals surface area contributed by atoms with Gasteiger partial charge in [-0.3, -0.25) is 9.67 Å². The number of nitrogens with one attached hydrogen (secondary N) is 1. The number of carbonyl (C=O) groups is 1. The van der Waals surface area contributed by atoms with Crippen LogP contribution in [0.3, 0.4) is 0 Å². The molecule has 1 saturated heterocycles. The molecule has 0 saturated carbocycles. The van der Waals surface area contributed by atoms with E-state index in [1.165, 1.54) is 0 Å². The quantitative estimate of drug-likeness (QED) is 0.698. The molecule has 9 nitrogen and oxygen atoms in total. The predicted octanol–water partition coefficient (Wildman–Crippen LogP) is 2.83. The van der Waals surface area contributed by atoms with Gasteiger partial charge in [-0.15, -0.1) is 10.2 Å². The summed E-state index contributed by atoms with van der Waals surface area (Å²) in [5.41, 5.74) is 2.18. The molecule has 0 aliphatic carbocycles. The number of amides is 2. The van der Waals surface area contributed by atoms with Gasteiger partial charge in [-0.2, -0.15) is 5.10 Å². The molecule has 4 heterocycles. The molecule has 0 atom stereocenters. The minimum absolute atomic E-state index is 0.0269. The summed E-state index contributed by atoms with van der Waals surface area (Å²) in [6.07, 6.45) is 5.28. The number of pyridine rings is 1. The SMILES string of the molecule is CN(C(=O)NC(C)(C)C)C1CCN(c2nnc(-c3ccnn3C)c3ncccc23)CC1. The molecular weight excluding hydrogens is 392 g/mol. The highest BCUT2D eigenvalue weighted by molar-refractivity contribution is 5.97. The smallest absolute Gasteiger partial charge is 0.317 e. The molecule has 0 spiro atoms. The maximum absolute atomic E-state index is 12.5. The zero-order chi connectivity index (χ0) is 22.2. The van der Waals surface area contributed by atoms with E-state index in [1.807, 2.05) is 58.0 Å². The van der Waals surface area contributed by atoms with Gasteiger partial charge >= 0.3 is 6.03 Å². The first-order chi connectivity index (χ1) is 14.7. The molecule has 3 aromatic rings. The first-order valence-corrected chi connectivity index (χ1v) is 10.6. The lowest BCUT2D eigenvalue weighted by Gasteiger charge is -2.38. The second kappa shape index (κ2) is 8.13. The van der Waals surface area contributed by atoms with Crippen LogP contribution < -0.4 is 10.2 Å². The fourth-order valence-corrected chi connectivity index (χ4v) is 4.03. The van der Waals surface area contributed by atoms with Crippen molar-refractivity contribution in [3.8, 4) is 11.4 Å². The van der Waals surface area contributed by atoms with Gasteiger partial charge in [0, 0.05) is 56.5 Å². The van der Waals surface area contributed by atoms with Crippen LogP contribution >= 0.6 is 0 Å². The summed E-state index contributed by atoms with van der Waals surface area (Å²) in [6, 6.07) is 6.06. The summed E-state index contributed by atoms with van der Waals surface area (Å²) in [5, 5.41) is 17.4. The summed E-state index contributed by atoms with van der Waals surface area (Å²) in [6.45, 7) is 7.60. The van der Waals surface area contributed by atoms with Crippen molar-refractivity contribution in [2.45, 2.75) is 45.2 Å². The van der Waals surface area contributed by atoms with Crippen LogP contribution in [0, 0.1) is 0 Å². The van der Waals surface area contributed by atoms with E-state index in [2.05, 4.69) is 30.5 Å². The van der Waals surface area contributed by atoms with Crippen LogP contribution in [0.25, 0.3) is 22.3 Å². The van der Waals surface area contributed by atoms with E-state index >= 15 is 0 Å². The lowest BCUT2D eigenvalue weighted by molar-refractivity contribution is 0.171. The minimum atomic E-state index is -0.247. The van der Waals surface area contributed by atoms with E-state index in [0.29, 0.717) is 0 Å². The Kier molecular flexibility index (Phi) is 5.51. The van der Waals surface area contributed by atoms with Gasteiger partial charge in [-0.25, -0.2) is 4.79 Å². The van der Waals surface area contributed by atoms with Crippen LogP contribution in [0.4, 0.5) is 10.6 Å². The highest BCUT2D eigenvalue weighted by Crippen LogP contribution is 2.31. The number of fused-ring (bicyclic) bond motifs is 1. The molecule has 0 bridgehead atoms. The van der Waals surface area contributed by atoms with Gasteiger partial charge in [0.1, 0.15) is 11.2 Å². The minimum Gasteiger partial charge on any atom is -0.354 e. The van der Waals surface area contributed by atoms with Crippen molar-refractivity contribution in [1.29, 1.82) is 0 Å². The van der Waals surface area contributed by atoms with E-state index < -0.39 is 0 Å². The number of anilines is 1. The zero-order valence-electron chi connectivity index (χ0n) is 18.8. The molecular formula is C22H30N8O. The third-order valence-corrected chi connectivity index (χ3v) is 5.70. The van der Waals surface area contributed by atoms with Gasteiger partial charge in [-0.1, -0.05) is 0 Å². The number of hydrogen-bond donors (Lipinski definition) is 1. The molecule has 4 rings (SSSR count). The third-order valence-electron chi connectivity index (χ3n) is 5.70. The molecule has 2 amide bonds. The lowest BCUT2D eigenvalue weighted by atomic mass is 10.0. The molecule has 31 heavy (non-hydrogen) atoms. The number of urea groups is 1. The van der Waals surface area contributed by atoms with E-state index in [0.717, 1.165) is 54.0 Å². The predicted molar refractivity (Wildman–Crippen MR) is 121 cm³/mol. The Labute approximate surface area is 182 Å². The zero-order valence-corrected chi connectivity index (χ0v) is 18.8. The lowest BCUT2D eigenvalue weighted by Crippen LogP contribution is -2.53. The Morgan fingerprint density at radius 1 is 1.16 bits per heavy atom.